The highest BCUT2D eigenvalue weighted by Crippen LogP contribution is 2.25. The minimum atomic E-state index is -0.495. The van der Waals surface area contributed by atoms with E-state index < -0.39 is 5.60 Å². The predicted molar refractivity (Wildman–Crippen MR) is 101 cm³/mol. The average molecular weight is 358 g/mol. The van der Waals surface area contributed by atoms with E-state index in [9.17, 15) is 4.79 Å². The van der Waals surface area contributed by atoms with Crippen LogP contribution in [-0.2, 0) is 4.74 Å². The van der Waals surface area contributed by atoms with Crippen molar-refractivity contribution in [2.24, 2.45) is 0 Å². The van der Waals surface area contributed by atoms with Crippen LogP contribution in [0.25, 0.3) is 11.0 Å². The van der Waals surface area contributed by atoms with Gasteiger partial charge in [-0.15, -0.1) is 0 Å². The van der Waals surface area contributed by atoms with Crippen molar-refractivity contribution in [3.63, 3.8) is 0 Å². The summed E-state index contributed by atoms with van der Waals surface area (Å²) in [6, 6.07) is 7.71. The van der Waals surface area contributed by atoms with Gasteiger partial charge in [0, 0.05) is 13.1 Å². The lowest BCUT2D eigenvalue weighted by Crippen LogP contribution is -2.42. The van der Waals surface area contributed by atoms with Gasteiger partial charge in [0.05, 0.1) is 24.2 Å². The highest BCUT2D eigenvalue weighted by molar-refractivity contribution is 5.77. The summed E-state index contributed by atoms with van der Waals surface area (Å²) in [5, 5.41) is 3.30. The number of methoxy groups -OCH3 is 1. The Morgan fingerprint density at radius 1 is 1.27 bits per heavy atom. The van der Waals surface area contributed by atoms with Gasteiger partial charge in [0.1, 0.15) is 5.60 Å². The zero-order valence-electron chi connectivity index (χ0n) is 15.8. The molecule has 7 heteroatoms. The van der Waals surface area contributed by atoms with Crippen LogP contribution in [-0.4, -0.2) is 52.8 Å². The van der Waals surface area contributed by atoms with Crippen LogP contribution in [0.4, 0.5) is 10.6 Å². The van der Waals surface area contributed by atoms with Gasteiger partial charge >= 0.3 is 6.09 Å². The van der Waals surface area contributed by atoms with Crippen LogP contribution in [0.15, 0.2) is 24.3 Å². The number of ether oxygens (including phenoxy) is 2. The number of rotatable bonds is 4. The van der Waals surface area contributed by atoms with Gasteiger partial charge in [-0.05, 0) is 45.7 Å². The number of aromatic nitrogens is 2. The number of para-hydroxylation sites is 2. The normalized spacial score (nSPS) is 17.4. The quantitative estimate of drug-likeness (QED) is 0.902. The fourth-order valence-corrected chi connectivity index (χ4v) is 3.06. The number of benzene rings is 1. The van der Waals surface area contributed by atoms with E-state index in [2.05, 4.69) is 15.3 Å². The summed E-state index contributed by atoms with van der Waals surface area (Å²) in [4.78, 5) is 23.3. The van der Waals surface area contributed by atoms with Gasteiger partial charge in [-0.1, -0.05) is 12.1 Å². The van der Waals surface area contributed by atoms with Gasteiger partial charge < -0.3 is 19.7 Å². The van der Waals surface area contributed by atoms with E-state index in [-0.39, 0.29) is 12.1 Å². The standard InChI is InChI=1S/C19H26N4O3/c1-19(2,3)26-18(24)23-11-7-8-13(23)12-20-16-17(25-4)22-15-10-6-5-9-14(15)21-16/h5-6,9-10,13H,7-8,11-12H2,1-4H3,(H,20,21)/t13-/m1/s1. The van der Waals surface area contributed by atoms with E-state index in [1.807, 2.05) is 45.0 Å². The molecular formula is C19H26N4O3. The number of nitrogens with one attached hydrogen (secondary N) is 1. The van der Waals surface area contributed by atoms with Crippen molar-refractivity contribution in [1.29, 1.82) is 0 Å². The number of amides is 1. The van der Waals surface area contributed by atoms with Crippen LogP contribution in [0, 0.1) is 0 Å². The van der Waals surface area contributed by atoms with Crippen LogP contribution in [0.3, 0.4) is 0 Å². The minimum Gasteiger partial charge on any atom is -0.478 e. The number of carbonyl (C=O) groups is 1. The highest BCUT2D eigenvalue weighted by atomic mass is 16.6. The maximum absolute atomic E-state index is 12.4. The van der Waals surface area contributed by atoms with E-state index >= 15 is 0 Å². The molecule has 1 N–H and O–H groups in total. The van der Waals surface area contributed by atoms with E-state index in [0.717, 1.165) is 23.9 Å². The topological polar surface area (TPSA) is 76.6 Å². The minimum absolute atomic E-state index is 0.0582. The Kier molecular flexibility index (Phi) is 5.15. The Bertz CT molecular complexity index is 788. The number of hydrogen-bond acceptors (Lipinski definition) is 6. The Balaban J connectivity index is 1.71. The number of nitrogens with zero attached hydrogens (tertiary/aromatic N) is 3. The molecular weight excluding hydrogens is 332 g/mol. The summed E-state index contributed by atoms with van der Waals surface area (Å²) >= 11 is 0. The zero-order valence-corrected chi connectivity index (χ0v) is 15.8. The monoisotopic (exact) mass is 358 g/mol. The second-order valence-electron chi connectivity index (χ2n) is 7.42. The van der Waals surface area contributed by atoms with Gasteiger partial charge in [-0.3, -0.25) is 0 Å². The molecule has 0 spiro atoms. The SMILES string of the molecule is COc1nc2ccccc2nc1NC[C@H]1CCCN1C(=O)OC(C)(C)C. The molecule has 1 aromatic carbocycles. The summed E-state index contributed by atoms with van der Waals surface area (Å²) in [5.74, 6) is 1.03. The first-order chi connectivity index (χ1) is 12.4. The molecule has 7 nitrogen and oxygen atoms in total. The van der Waals surface area contributed by atoms with Gasteiger partial charge in [-0.25, -0.2) is 14.8 Å². The maximum atomic E-state index is 12.4. The summed E-state index contributed by atoms with van der Waals surface area (Å²) in [6.07, 6.45) is 1.63. The zero-order chi connectivity index (χ0) is 18.7. The molecule has 2 heterocycles. The largest absolute Gasteiger partial charge is 0.478 e. The maximum Gasteiger partial charge on any atom is 0.410 e. The summed E-state index contributed by atoms with van der Waals surface area (Å²) < 4.78 is 10.9. The van der Waals surface area contributed by atoms with Gasteiger partial charge in [0.25, 0.3) is 5.88 Å². The highest BCUT2D eigenvalue weighted by Gasteiger charge is 2.32. The lowest BCUT2D eigenvalue weighted by Gasteiger charge is -2.28. The van der Waals surface area contributed by atoms with Crippen LogP contribution in [0.1, 0.15) is 33.6 Å². The van der Waals surface area contributed by atoms with Gasteiger partial charge in [0.15, 0.2) is 5.82 Å². The van der Waals surface area contributed by atoms with E-state index in [0.29, 0.717) is 24.8 Å². The van der Waals surface area contributed by atoms with E-state index in [1.165, 1.54) is 0 Å². The molecule has 2 aromatic rings. The van der Waals surface area contributed by atoms with Crippen molar-refractivity contribution in [3.8, 4) is 5.88 Å². The second-order valence-corrected chi connectivity index (χ2v) is 7.42. The van der Waals surface area contributed by atoms with Crippen LogP contribution in [0.2, 0.25) is 0 Å². The van der Waals surface area contributed by atoms with Gasteiger partial charge in [-0.2, -0.15) is 0 Å². The van der Waals surface area contributed by atoms with Crippen LogP contribution >= 0.6 is 0 Å². The van der Waals surface area contributed by atoms with Crippen LogP contribution in [0.5, 0.6) is 5.88 Å². The third-order valence-electron chi connectivity index (χ3n) is 4.24. The first-order valence-electron chi connectivity index (χ1n) is 8.91. The average Bonchev–Trinajstić information content (AvgIpc) is 3.06. The molecule has 1 saturated heterocycles. The molecule has 0 bridgehead atoms. The third-order valence-corrected chi connectivity index (χ3v) is 4.24. The first-order valence-corrected chi connectivity index (χ1v) is 8.91. The molecule has 26 heavy (non-hydrogen) atoms. The van der Waals surface area contributed by atoms with Crippen molar-refractivity contribution in [2.75, 3.05) is 25.5 Å². The van der Waals surface area contributed by atoms with Crippen molar-refractivity contribution in [2.45, 2.75) is 45.3 Å². The lowest BCUT2D eigenvalue weighted by atomic mass is 10.2. The van der Waals surface area contributed by atoms with Gasteiger partial charge in [0.2, 0.25) is 0 Å². The van der Waals surface area contributed by atoms with Crippen molar-refractivity contribution < 1.29 is 14.3 Å². The van der Waals surface area contributed by atoms with Crippen molar-refractivity contribution in [3.05, 3.63) is 24.3 Å². The lowest BCUT2D eigenvalue weighted by molar-refractivity contribution is 0.0235. The molecule has 140 valence electrons. The number of hydrogen-bond donors (Lipinski definition) is 1. The molecule has 1 amide bonds. The number of likely N-dealkylation sites (tertiary alicyclic amines) is 1. The summed E-state index contributed by atoms with van der Waals surface area (Å²) in [5.41, 5.74) is 1.09. The summed E-state index contributed by atoms with van der Waals surface area (Å²) in [7, 11) is 1.58. The number of fused-ring (bicyclic) bond motifs is 1. The number of anilines is 1. The smallest absolute Gasteiger partial charge is 0.410 e. The molecule has 1 aromatic heterocycles. The Hall–Kier alpha value is -2.57. The third kappa shape index (κ3) is 4.15. The van der Waals surface area contributed by atoms with Crippen molar-refractivity contribution in [1.82, 2.24) is 14.9 Å². The molecule has 3 rings (SSSR count). The Morgan fingerprint density at radius 2 is 1.96 bits per heavy atom. The Labute approximate surface area is 153 Å². The van der Waals surface area contributed by atoms with Crippen LogP contribution < -0.4 is 10.1 Å². The molecule has 1 aliphatic heterocycles. The Morgan fingerprint density at radius 3 is 2.62 bits per heavy atom. The molecule has 0 saturated carbocycles. The molecule has 0 aliphatic carbocycles. The fourth-order valence-electron chi connectivity index (χ4n) is 3.06. The summed E-state index contributed by atoms with van der Waals surface area (Å²) in [6.45, 7) is 6.92. The molecule has 1 aliphatic rings. The molecule has 1 fully saturated rings. The van der Waals surface area contributed by atoms with Crippen molar-refractivity contribution >= 4 is 22.9 Å². The fraction of sp³-hybridized carbons (Fsp3) is 0.526. The molecule has 1 atom stereocenters. The first kappa shape index (κ1) is 18.2. The predicted octanol–water partition coefficient (Wildman–Crippen LogP) is 3.45. The van der Waals surface area contributed by atoms with E-state index in [1.54, 1.807) is 12.0 Å². The van der Waals surface area contributed by atoms with E-state index in [4.69, 9.17) is 9.47 Å². The molecule has 0 radical (unpaired) electrons. The second kappa shape index (κ2) is 7.35. The number of carbonyl (C=O) groups excluding carboxylic acids is 1. The molecule has 0 unspecified atom stereocenters.